The van der Waals surface area contributed by atoms with Gasteiger partial charge in [0.2, 0.25) is 0 Å². The summed E-state index contributed by atoms with van der Waals surface area (Å²) in [7, 11) is 0. The molecule has 0 aliphatic heterocycles. The van der Waals surface area contributed by atoms with Crippen LogP contribution in [0.3, 0.4) is 0 Å². The highest BCUT2D eigenvalue weighted by Gasteiger charge is 2.07. The maximum absolute atomic E-state index is 11.3. The first-order chi connectivity index (χ1) is 14.3. The number of Topliss-reactive ketones (excluding diaryl/α,β-unsaturated/α-hetero) is 1. The average Bonchev–Trinajstić information content (AvgIpc) is 2.78. The lowest BCUT2D eigenvalue weighted by Crippen LogP contribution is -2.04. The topological polar surface area (TPSA) is 92.9 Å². The molecule has 4 N–H and O–H groups in total. The van der Waals surface area contributed by atoms with Gasteiger partial charge in [0.25, 0.3) is 0 Å². The minimum Gasteiger partial charge on any atom is -0.399 e. The van der Waals surface area contributed by atoms with Gasteiger partial charge in [-0.25, -0.2) is 0 Å². The maximum Gasteiger partial charge on any atom is 0.179 e. The zero-order valence-corrected chi connectivity index (χ0v) is 15.0. The van der Waals surface area contributed by atoms with Gasteiger partial charge in [0.15, 0.2) is 5.78 Å². The summed E-state index contributed by atoms with van der Waals surface area (Å²) in [5.74, 6) is -0.839. The summed E-state index contributed by atoms with van der Waals surface area (Å²) in [6, 6.07) is -0.609. The van der Waals surface area contributed by atoms with Gasteiger partial charge in [-0.2, -0.15) is 5.26 Å². The molecule has 0 radical (unpaired) electrons. The fourth-order valence-electron chi connectivity index (χ4n) is 1.02. The Bertz CT molecular complexity index is 898. The predicted molar refractivity (Wildman–Crippen MR) is 103 cm³/mol. The van der Waals surface area contributed by atoms with E-state index in [1.165, 1.54) is 0 Å². The highest BCUT2D eigenvalue weighted by molar-refractivity contribution is 6.32. The van der Waals surface area contributed by atoms with E-state index in [1.807, 2.05) is 0 Å². The Hall–Kier alpha value is -1.64. The number of benzene rings is 2. The van der Waals surface area contributed by atoms with E-state index >= 15 is 0 Å². The van der Waals surface area contributed by atoms with Gasteiger partial charge in [0, 0.05) is 27.0 Å². The van der Waals surface area contributed by atoms with Crippen molar-refractivity contribution in [1.29, 1.82) is 5.26 Å². The van der Waals surface area contributed by atoms with E-state index in [4.69, 9.17) is 72.7 Å². The smallest absolute Gasteiger partial charge is 0.179 e. The van der Waals surface area contributed by atoms with Crippen LogP contribution in [0.4, 0.5) is 11.4 Å². The number of rotatable bonds is 2. The maximum atomic E-state index is 11.3. The molecule has 8 heteroatoms. The summed E-state index contributed by atoms with van der Waals surface area (Å²) < 4.78 is 51.2. The Labute approximate surface area is 170 Å². The number of hydrogen-bond acceptors (Lipinski definition) is 4. The van der Waals surface area contributed by atoms with Gasteiger partial charge in [0.05, 0.1) is 21.5 Å². The van der Waals surface area contributed by atoms with E-state index in [1.54, 1.807) is 6.07 Å². The van der Waals surface area contributed by atoms with Gasteiger partial charge in [-0.3, -0.25) is 4.79 Å². The van der Waals surface area contributed by atoms with Crippen LogP contribution in [0.15, 0.2) is 42.3 Å². The van der Waals surface area contributed by atoms with Crippen LogP contribution in [0.1, 0.15) is 20.0 Å². The Morgan fingerprint density at radius 2 is 1.71 bits per heavy atom. The highest BCUT2D eigenvalue weighted by atomic mass is 35.5. The number of alkyl halides is 2. The first-order valence-electron chi connectivity index (χ1n) is 9.37. The number of nitrogens with zero attached hydrogens (tertiary/aromatic N) is 1. The first kappa shape index (κ1) is 12.7. The second-order valence-corrected chi connectivity index (χ2v) is 4.84. The molecule has 2 aromatic carbocycles. The number of carbonyl (C=O) groups is 1. The van der Waals surface area contributed by atoms with Crippen molar-refractivity contribution in [2.75, 3.05) is 23.2 Å². The quantitative estimate of drug-likeness (QED) is 0.410. The number of nitriles is 1. The van der Waals surface area contributed by atoms with Gasteiger partial charge in [-0.1, -0.05) is 29.2 Å². The molecule has 128 valence electrons. The monoisotopic (exact) mass is 412 g/mol. The van der Waals surface area contributed by atoms with Crippen LogP contribution in [-0.2, 0) is 0 Å². The number of anilines is 2. The van der Waals surface area contributed by atoms with E-state index < -0.39 is 5.78 Å². The Morgan fingerprint density at radius 1 is 1.12 bits per heavy atom. The molecule has 0 aliphatic carbocycles. The van der Waals surface area contributed by atoms with Gasteiger partial charge < -0.3 is 11.5 Å². The molecule has 0 aliphatic rings. The molecular formula is C16H15Cl4N3O. The number of nitrogen functional groups attached to an aromatic ring is 2. The van der Waals surface area contributed by atoms with Crippen LogP contribution >= 0.6 is 46.4 Å². The predicted octanol–water partition coefficient (Wildman–Crippen LogP) is 5.01. The lowest BCUT2D eigenvalue weighted by Gasteiger charge is -2.01. The molecule has 0 unspecified atom stereocenters. The third-order valence-electron chi connectivity index (χ3n) is 1.88. The molecule has 0 heterocycles. The molecule has 0 bridgehead atoms. The molecule has 0 atom stereocenters. The highest BCUT2D eigenvalue weighted by Crippen LogP contribution is 2.18. The molecular weight excluding hydrogens is 392 g/mol. The van der Waals surface area contributed by atoms with Gasteiger partial charge in [-0.15, -0.1) is 23.2 Å². The Balaban J connectivity index is 0.000000504. The van der Waals surface area contributed by atoms with E-state index in [-0.39, 0.29) is 81.0 Å². The zero-order chi connectivity index (χ0) is 24.6. The summed E-state index contributed by atoms with van der Waals surface area (Å²) in [5.41, 5.74) is 10.2. The lowest BCUT2D eigenvalue weighted by atomic mass is 10.1. The third-order valence-corrected chi connectivity index (χ3v) is 2.63. The van der Waals surface area contributed by atoms with Gasteiger partial charge >= 0.3 is 0 Å². The fourth-order valence-corrected chi connectivity index (χ4v) is 1.45. The number of ketones is 1. The van der Waals surface area contributed by atoms with E-state index in [9.17, 15) is 4.79 Å². The second-order valence-electron chi connectivity index (χ2n) is 3.55. The summed E-state index contributed by atoms with van der Waals surface area (Å²) in [5, 5.41) is 7.09. The van der Waals surface area contributed by atoms with Crippen LogP contribution in [0.25, 0.3) is 0 Å². The average molecular weight is 414 g/mol. The molecule has 0 aromatic heterocycles. The van der Waals surface area contributed by atoms with E-state index in [0.29, 0.717) is 0 Å². The van der Waals surface area contributed by atoms with Crippen LogP contribution < -0.4 is 11.5 Å². The van der Waals surface area contributed by atoms with Gasteiger partial charge in [0.1, 0.15) is 5.88 Å². The van der Waals surface area contributed by atoms with Gasteiger partial charge in [-0.05, 0) is 36.3 Å². The molecule has 4 nitrogen and oxygen atoms in total. The van der Waals surface area contributed by atoms with Crippen LogP contribution in [0.5, 0.6) is 0 Å². The molecule has 0 spiro atoms. The number of carbonyl (C=O) groups excluding carboxylic acids is 1. The lowest BCUT2D eigenvalue weighted by molar-refractivity contribution is 0.102. The SMILES string of the molecule is N#CCCl.[2H]c1c([2H])c(C(=O)CCl)c(N)c([2H])c1Cl.[2H]c1c([2H])c(N)c([2H])c(Cl)c1[2H]. The van der Waals surface area contributed by atoms with Crippen molar-refractivity contribution < 1.29 is 14.4 Å². The fraction of sp³-hybridized carbons (Fsp3) is 0.125. The van der Waals surface area contributed by atoms with Crippen molar-refractivity contribution in [3.8, 4) is 6.07 Å². The number of halogens is 4. The normalized spacial score (nSPS) is 12.9. The van der Waals surface area contributed by atoms with Crippen molar-refractivity contribution in [3.63, 3.8) is 0 Å². The zero-order valence-electron chi connectivity index (χ0n) is 18.9. The minimum atomic E-state index is -0.585. The molecule has 24 heavy (non-hydrogen) atoms. The molecule has 0 amide bonds. The van der Waals surface area contributed by atoms with Crippen molar-refractivity contribution in [3.05, 3.63) is 57.9 Å². The van der Waals surface area contributed by atoms with E-state index in [0.717, 1.165) is 0 Å². The molecule has 0 saturated carbocycles. The number of hydrogen-bond donors (Lipinski definition) is 2. The van der Waals surface area contributed by atoms with Crippen LogP contribution in [0, 0.1) is 11.3 Å². The minimum absolute atomic E-state index is 0.0972. The second kappa shape index (κ2) is 12.7. The van der Waals surface area contributed by atoms with Crippen molar-refractivity contribution in [2.24, 2.45) is 0 Å². The first-order valence-corrected chi connectivity index (χ1v) is 7.70. The largest absolute Gasteiger partial charge is 0.399 e. The standard InChI is InChI=1S/C8H7Cl2NO.C6H6ClN.C2H2ClN/c9-4-8(12)6-2-1-5(10)3-7(6)11;7-5-2-1-3-6(8)4-5;3-1-2-4/h1-3H,4,11H2;1-4H,8H2;1H2/i1D,2D,3D;1D,2D,3D,4D;. The summed E-state index contributed by atoms with van der Waals surface area (Å²) in [6.07, 6.45) is 0. The van der Waals surface area contributed by atoms with E-state index in [2.05, 4.69) is 0 Å². The molecule has 0 fully saturated rings. The van der Waals surface area contributed by atoms with Crippen LogP contribution in [0.2, 0.25) is 10.0 Å². The van der Waals surface area contributed by atoms with Crippen molar-refractivity contribution in [1.82, 2.24) is 0 Å². The Kier molecular flexibility index (Phi) is 6.73. The Morgan fingerprint density at radius 3 is 2.25 bits per heavy atom. The third kappa shape index (κ3) is 9.49. The molecule has 2 rings (SSSR count). The summed E-state index contributed by atoms with van der Waals surface area (Å²) in [6.45, 7) is 0. The van der Waals surface area contributed by atoms with Crippen molar-refractivity contribution in [2.45, 2.75) is 0 Å². The molecule has 2 aromatic rings. The molecule has 0 saturated heterocycles. The van der Waals surface area contributed by atoms with Crippen LogP contribution in [-0.4, -0.2) is 17.5 Å². The van der Waals surface area contributed by atoms with Crippen molar-refractivity contribution >= 4 is 63.6 Å². The number of nitrogens with two attached hydrogens (primary N) is 2. The summed E-state index contributed by atoms with van der Waals surface area (Å²) in [4.78, 5) is 11.3. The summed E-state index contributed by atoms with van der Waals surface area (Å²) >= 11 is 21.2.